The van der Waals surface area contributed by atoms with E-state index in [0.29, 0.717) is 46.8 Å². The lowest BCUT2D eigenvalue weighted by Gasteiger charge is -2.40. The number of halogens is 2. The van der Waals surface area contributed by atoms with Crippen LogP contribution in [0.5, 0.6) is 11.5 Å². The Bertz CT molecular complexity index is 1350. The van der Waals surface area contributed by atoms with Crippen molar-refractivity contribution in [2.45, 2.75) is 26.3 Å². The molecule has 1 unspecified atom stereocenters. The number of piperazine rings is 1. The second-order valence-electron chi connectivity index (χ2n) is 8.53. The fourth-order valence-corrected chi connectivity index (χ4v) is 4.86. The van der Waals surface area contributed by atoms with Gasteiger partial charge in [-0.25, -0.2) is 4.39 Å². The number of amides is 1. The monoisotopic (exact) mass is 470 g/mol. The molecule has 3 heterocycles. The Hall–Kier alpha value is -3.10. The van der Waals surface area contributed by atoms with Gasteiger partial charge in [0.15, 0.2) is 17.3 Å². The Kier molecular flexibility index (Phi) is 5.29. The first-order valence-electron chi connectivity index (χ1n) is 11.0. The third-order valence-electron chi connectivity index (χ3n) is 6.67. The van der Waals surface area contributed by atoms with Crippen LogP contribution in [0, 0.1) is 5.82 Å². The largest absolute Gasteiger partial charge is 0.451 e. The van der Waals surface area contributed by atoms with Gasteiger partial charge in [0.05, 0.1) is 11.1 Å². The Balaban J connectivity index is 1.73. The van der Waals surface area contributed by atoms with Gasteiger partial charge in [-0.05, 0) is 37.6 Å². The first-order valence-corrected chi connectivity index (χ1v) is 11.4. The third-order valence-corrected chi connectivity index (χ3v) is 6.91. The lowest BCUT2D eigenvalue weighted by atomic mass is 10.0. The van der Waals surface area contributed by atoms with Crippen molar-refractivity contribution in [1.29, 1.82) is 0 Å². The van der Waals surface area contributed by atoms with Gasteiger partial charge in [0.1, 0.15) is 16.8 Å². The number of benzene rings is 2. The molecular weight excluding hydrogens is 447 g/mol. The van der Waals surface area contributed by atoms with E-state index in [1.807, 2.05) is 4.90 Å². The minimum Gasteiger partial charge on any atom is -0.451 e. The van der Waals surface area contributed by atoms with Crippen molar-refractivity contribution in [3.63, 3.8) is 0 Å². The smallest absolute Gasteiger partial charge is 0.254 e. The van der Waals surface area contributed by atoms with Crippen LogP contribution >= 0.6 is 11.6 Å². The van der Waals surface area contributed by atoms with E-state index in [0.717, 1.165) is 19.5 Å². The van der Waals surface area contributed by atoms with Gasteiger partial charge in [-0.15, -0.1) is 0 Å². The summed E-state index contributed by atoms with van der Waals surface area (Å²) < 4.78 is 23.4. The predicted octanol–water partition coefficient (Wildman–Crippen LogP) is 3.91. The molecule has 2 N–H and O–H groups in total. The molecule has 172 valence electrons. The van der Waals surface area contributed by atoms with Gasteiger partial charge in [-0.2, -0.15) is 0 Å². The van der Waals surface area contributed by atoms with Gasteiger partial charge in [0.2, 0.25) is 5.43 Å². The summed E-state index contributed by atoms with van der Waals surface area (Å²) in [7, 11) is 0. The van der Waals surface area contributed by atoms with Crippen molar-refractivity contribution in [3.05, 3.63) is 57.1 Å². The van der Waals surface area contributed by atoms with Gasteiger partial charge >= 0.3 is 0 Å². The molecule has 0 spiro atoms. The van der Waals surface area contributed by atoms with Crippen LogP contribution in [-0.2, 0) is 0 Å². The Morgan fingerprint density at radius 3 is 2.64 bits per heavy atom. The fraction of sp³-hybridized carbons (Fsp3) is 0.333. The molecule has 2 aliphatic rings. The molecule has 1 atom stereocenters. The molecule has 1 saturated heterocycles. The topological polar surface area (TPSA) is 80.8 Å². The highest BCUT2D eigenvalue weighted by molar-refractivity contribution is 6.30. The summed E-state index contributed by atoms with van der Waals surface area (Å²) in [6.45, 7) is 7.19. The summed E-state index contributed by atoms with van der Waals surface area (Å²) in [5.41, 5.74) is 5.84. The summed E-state index contributed by atoms with van der Waals surface area (Å²) in [6, 6.07) is 6.66. The van der Waals surface area contributed by atoms with Gasteiger partial charge in [0.25, 0.3) is 5.91 Å². The van der Waals surface area contributed by atoms with Crippen LogP contribution in [0.15, 0.2) is 35.3 Å². The number of nitrogens with zero attached hydrogens (tertiary/aromatic N) is 3. The molecule has 5 rings (SSSR count). The standard InChI is InChI=1S/C24H24ClFN4O3/c1-3-13(2)28-6-8-29(9-7-28)21-17(26)11-15-20-23(21)33-19-5-4-14(25)10-18(19)30(20)12-16(22(15)31)24(27)32/h4-5,10-13H,3,6-9H2,1-2H3,(H2,27,32). The maximum Gasteiger partial charge on any atom is 0.254 e. The van der Waals surface area contributed by atoms with Crippen molar-refractivity contribution in [1.82, 2.24) is 9.47 Å². The summed E-state index contributed by atoms with van der Waals surface area (Å²) >= 11 is 6.21. The van der Waals surface area contributed by atoms with E-state index in [2.05, 4.69) is 18.7 Å². The van der Waals surface area contributed by atoms with Crippen molar-refractivity contribution >= 4 is 34.1 Å². The van der Waals surface area contributed by atoms with Crippen molar-refractivity contribution in [2.75, 3.05) is 31.1 Å². The zero-order valence-corrected chi connectivity index (χ0v) is 19.2. The van der Waals surface area contributed by atoms with Crippen LogP contribution in [0.4, 0.5) is 10.1 Å². The molecule has 33 heavy (non-hydrogen) atoms. The van der Waals surface area contributed by atoms with E-state index < -0.39 is 17.2 Å². The molecule has 1 amide bonds. The average molecular weight is 471 g/mol. The van der Waals surface area contributed by atoms with Gasteiger partial charge < -0.3 is 19.9 Å². The highest BCUT2D eigenvalue weighted by atomic mass is 35.5. The number of nitrogens with two attached hydrogens (primary N) is 1. The average Bonchev–Trinajstić information content (AvgIpc) is 2.80. The maximum atomic E-state index is 15.6. The lowest BCUT2D eigenvalue weighted by molar-refractivity contribution is 0.0999. The molecule has 0 aliphatic carbocycles. The number of rotatable bonds is 4. The Morgan fingerprint density at radius 1 is 1.24 bits per heavy atom. The van der Waals surface area contributed by atoms with Crippen LogP contribution in [0.3, 0.4) is 0 Å². The van der Waals surface area contributed by atoms with Gasteiger partial charge in [-0.1, -0.05) is 18.5 Å². The SMILES string of the molecule is CCC(C)N1CCN(c2c(F)cc3c(=O)c(C(N)=O)cn4c3c2Oc2ccc(Cl)cc2-4)CC1. The molecule has 3 aromatic rings. The Labute approximate surface area is 195 Å². The number of fused-ring (bicyclic) bond motifs is 2. The highest BCUT2D eigenvalue weighted by Gasteiger charge is 2.32. The van der Waals surface area contributed by atoms with Crippen LogP contribution in [0.2, 0.25) is 5.02 Å². The summed E-state index contributed by atoms with van der Waals surface area (Å²) in [5, 5.41) is 0.489. The van der Waals surface area contributed by atoms with Gasteiger partial charge in [-0.3, -0.25) is 14.5 Å². The van der Waals surface area contributed by atoms with E-state index in [-0.39, 0.29) is 16.7 Å². The zero-order chi connectivity index (χ0) is 23.4. The maximum absolute atomic E-state index is 15.6. The Morgan fingerprint density at radius 2 is 1.97 bits per heavy atom. The molecular formula is C24H24ClFN4O3. The lowest BCUT2D eigenvalue weighted by Crippen LogP contribution is -2.49. The normalized spacial score (nSPS) is 16.4. The number of carbonyl (C=O) groups is 1. The second-order valence-corrected chi connectivity index (χ2v) is 8.97. The van der Waals surface area contributed by atoms with Crippen molar-refractivity contribution < 1.29 is 13.9 Å². The van der Waals surface area contributed by atoms with Gasteiger partial charge in [0, 0.05) is 43.4 Å². The number of anilines is 1. The van der Waals surface area contributed by atoms with Crippen molar-refractivity contribution in [3.8, 4) is 17.2 Å². The minimum atomic E-state index is -0.882. The van der Waals surface area contributed by atoms with Crippen molar-refractivity contribution in [2.24, 2.45) is 5.73 Å². The molecule has 7 nitrogen and oxygen atoms in total. The molecule has 1 aromatic heterocycles. The van der Waals surface area contributed by atoms with Crippen LogP contribution in [0.25, 0.3) is 16.6 Å². The molecule has 0 radical (unpaired) electrons. The number of hydrogen-bond acceptors (Lipinski definition) is 5. The quantitative estimate of drug-likeness (QED) is 0.489. The van der Waals surface area contributed by atoms with E-state index >= 15 is 4.39 Å². The third kappa shape index (κ3) is 3.45. The van der Waals surface area contributed by atoms with E-state index in [4.69, 9.17) is 22.1 Å². The first kappa shape index (κ1) is 21.7. The van der Waals surface area contributed by atoms with E-state index in [9.17, 15) is 9.59 Å². The second kappa shape index (κ2) is 8.04. The number of pyridine rings is 1. The highest BCUT2D eigenvalue weighted by Crippen LogP contribution is 2.47. The molecule has 2 aromatic carbocycles. The van der Waals surface area contributed by atoms with Crippen LogP contribution in [-0.4, -0.2) is 47.6 Å². The number of carbonyl (C=O) groups excluding carboxylic acids is 1. The van der Waals surface area contributed by atoms with Crippen LogP contribution < -0.4 is 20.8 Å². The first-order chi connectivity index (χ1) is 15.8. The number of primary amides is 1. The minimum absolute atomic E-state index is 0.0337. The van der Waals surface area contributed by atoms with Crippen LogP contribution in [0.1, 0.15) is 30.6 Å². The summed E-state index contributed by atoms with van der Waals surface area (Å²) in [4.78, 5) is 29.3. The molecule has 0 saturated carbocycles. The molecule has 0 bridgehead atoms. The molecule has 2 aliphatic heterocycles. The zero-order valence-electron chi connectivity index (χ0n) is 18.4. The molecule has 9 heteroatoms. The van der Waals surface area contributed by atoms with E-state index in [1.54, 1.807) is 22.8 Å². The number of aromatic nitrogens is 1. The summed E-state index contributed by atoms with van der Waals surface area (Å²) in [6.07, 6.45) is 2.43. The predicted molar refractivity (Wildman–Crippen MR) is 127 cm³/mol. The number of ether oxygens (including phenoxy) is 1. The molecule has 1 fully saturated rings. The van der Waals surface area contributed by atoms with E-state index in [1.165, 1.54) is 12.3 Å². The summed E-state index contributed by atoms with van der Waals surface area (Å²) in [5.74, 6) is -0.757. The number of hydrogen-bond donors (Lipinski definition) is 1. The fourth-order valence-electron chi connectivity index (χ4n) is 4.69.